The van der Waals surface area contributed by atoms with Gasteiger partial charge in [0.15, 0.2) is 23.3 Å². The van der Waals surface area contributed by atoms with Crippen LogP contribution < -0.4 is 10.2 Å². The smallest absolute Gasteiger partial charge is 0.168 e. The summed E-state index contributed by atoms with van der Waals surface area (Å²) in [6.45, 7) is 4.81. The van der Waals surface area contributed by atoms with E-state index in [1.807, 2.05) is 18.9 Å². The van der Waals surface area contributed by atoms with E-state index in [0.29, 0.717) is 12.5 Å². The highest BCUT2D eigenvalue weighted by molar-refractivity contribution is 5.49. The van der Waals surface area contributed by atoms with Crippen molar-refractivity contribution in [1.29, 1.82) is 0 Å². The zero-order chi connectivity index (χ0) is 15.4. The molecule has 2 unspecified atom stereocenters. The zero-order valence-electron chi connectivity index (χ0n) is 13.1. The van der Waals surface area contributed by atoms with Gasteiger partial charge in [0.1, 0.15) is 0 Å². The number of nitrogens with one attached hydrogen (secondary N) is 1. The molecule has 118 valence electrons. The van der Waals surface area contributed by atoms with Crippen molar-refractivity contribution in [2.45, 2.75) is 52.0 Å². The van der Waals surface area contributed by atoms with E-state index in [0.717, 1.165) is 31.7 Å². The molecule has 2 atom stereocenters. The number of rotatable bonds is 5. The summed E-state index contributed by atoms with van der Waals surface area (Å²) >= 11 is 0. The molecule has 0 aliphatic heterocycles. The SMILES string of the molecule is CCCNc1nc(N(C)C2CCCCC2C)c(F)cc1F. The van der Waals surface area contributed by atoms with E-state index in [1.54, 1.807) is 0 Å². The molecule has 0 amide bonds. The van der Waals surface area contributed by atoms with E-state index < -0.39 is 11.6 Å². The van der Waals surface area contributed by atoms with Crippen molar-refractivity contribution in [2.24, 2.45) is 5.92 Å². The number of hydrogen-bond acceptors (Lipinski definition) is 3. The minimum absolute atomic E-state index is 0.142. The summed E-state index contributed by atoms with van der Waals surface area (Å²) in [5.41, 5.74) is 0. The van der Waals surface area contributed by atoms with Crippen LogP contribution in [0.1, 0.15) is 46.0 Å². The average molecular weight is 297 g/mol. The number of pyridine rings is 1. The van der Waals surface area contributed by atoms with Gasteiger partial charge in [-0.1, -0.05) is 26.7 Å². The maximum atomic E-state index is 14.1. The standard InChI is InChI=1S/C16H25F2N3/c1-4-9-19-15-12(17)10-13(18)16(20-15)21(3)14-8-6-5-7-11(14)2/h10-11,14H,4-9H2,1-3H3,(H,19,20). The quantitative estimate of drug-likeness (QED) is 0.883. The van der Waals surface area contributed by atoms with Crippen molar-refractivity contribution >= 4 is 11.6 Å². The first-order valence-electron chi connectivity index (χ1n) is 7.87. The van der Waals surface area contributed by atoms with Gasteiger partial charge in [-0.05, 0) is 25.2 Å². The molecule has 0 bridgehead atoms. The van der Waals surface area contributed by atoms with Crippen molar-refractivity contribution in [1.82, 2.24) is 4.98 Å². The summed E-state index contributed by atoms with van der Waals surface area (Å²) in [5.74, 6) is -0.330. The van der Waals surface area contributed by atoms with Gasteiger partial charge >= 0.3 is 0 Å². The van der Waals surface area contributed by atoms with Crippen molar-refractivity contribution in [3.05, 3.63) is 17.7 Å². The Morgan fingerprint density at radius 2 is 2.00 bits per heavy atom. The van der Waals surface area contributed by atoms with E-state index >= 15 is 0 Å². The van der Waals surface area contributed by atoms with Crippen LogP contribution in [-0.2, 0) is 0 Å². The lowest BCUT2D eigenvalue weighted by molar-refractivity contribution is 0.319. The predicted octanol–water partition coefficient (Wildman–Crippen LogP) is 4.20. The van der Waals surface area contributed by atoms with Crippen LogP contribution in [0.2, 0.25) is 0 Å². The number of anilines is 2. The highest BCUT2D eigenvalue weighted by Gasteiger charge is 2.28. The third-order valence-corrected chi connectivity index (χ3v) is 4.35. The van der Waals surface area contributed by atoms with Gasteiger partial charge in [-0.15, -0.1) is 0 Å². The Kier molecular flexibility index (Phi) is 5.37. The average Bonchev–Trinajstić information content (AvgIpc) is 2.46. The summed E-state index contributed by atoms with van der Waals surface area (Å²) in [6, 6.07) is 1.20. The second-order valence-corrected chi connectivity index (χ2v) is 5.99. The van der Waals surface area contributed by atoms with Crippen LogP contribution in [0.4, 0.5) is 20.4 Å². The molecule has 1 aliphatic carbocycles. The Bertz CT molecular complexity index is 479. The van der Waals surface area contributed by atoms with Crippen molar-refractivity contribution in [3.63, 3.8) is 0 Å². The molecule has 5 heteroatoms. The van der Waals surface area contributed by atoms with Crippen LogP contribution in [0.25, 0.3) is 0 Å². The number of hydrogen-bond donors (Lipinski definition) is 1. The zero-order valence-corrected chi connectivity index (χ0v) is 13.1. The number of halogens is 2. The molecule has 0 spiro atoms. The largest absolute Gasteiger partial charge is 0.368 e. The van der Waals surface area contributed by atoms with Gasteiger partial charge in [-0.2, -0.15) is 0 Å². The van der Waals surface area contributed by atoms with Crippen LogP contribution in [-0.4, -0.2) is 24.6 Å². The lowest BCUT2D eigenvalue weighted by Gasteiger charge is -2.37. The summed E-state index contributed by atoms with van der Waals surface area (Å²) in [7, 11) is 1.86. The Balaban J connectivity index is 2.24. The molecule has 0 aromatic carbocycles. The minimum Gasteiger partial charge on any atom is -0.368 e. The minimum atomic E-state index is -0.630. The summed E-state index contributed by atoms with van der Waals surface area (Å²) < 4.78 is 27.9. The Morgan fingerprint density at radius 1 is 1.29 bits per heavy atom. The monoisotopic (exact) mass is 297 g/mol. The van der Waals surface area contributed by atoms with Gasteiger partial charge < -0.3 is 10.2 Å². The van der Waals surface area contributed by atoms with Gasteiger partial charge in [0.2, 0.25) is 0 Å². The van der Waals surface area contributed by atoms with Crippen molar-refractivity contribution in [3.8, 4) is 0 Å². The van der Waals surface area contributed by atoms with E-state index in [4.69, 9.17) is 0 Å². The first kappa shape index (κ1) is 16.0. The van der Waals surface area contributed by atoms with Crippen LogP contribution >= 0.6 is 0 Å². The second-order valence-electron chi connectivity index (χ2n) is 5.99. The number of nitrogens with zero attached hydrogens (tertiary/aromatic N) is 2. The molecular weight excluding hydrogens is 272 g/mol. The van der Waals surface area contributed by atoms with E-state index in [9.17, 15) is 8.78 Å². The topological polar surface area (TPSA) is 28.2 Å². The Morgan fingerprint density at radius 3 is 2.67 bits per heavy atom. The van der Waals surface area contributed by atoms with E-state index in [-0.39, 0.29) is 17.7 Å². The van der Waals surface area contributed by atoms with Crippen LogP contribution in [0.15, 0.2) is 6.07 Å². The molecule has 0 radical (unpaired) electrons. The van der Waals surface area contributed by atoms with E-state index in [2.05, 4.69) is 17.2 Å². The molecule has 1 aromatic rings. The second kappa shape index (κ2) is 7.05. The molecule has 1 saturated carbocycles. The molecule has 1 fully saturated rings. The van der Waals surface area contributed by atoms with Crippen LogP contribution in [0.5, 0.6) is 0 Å². The van der Waals surface area contributed by atoms with Crippen LogP contribution in [0.3, 0.4) is 0 Å². The maximum Gasteiger partial charge on any atom is 0.168 e. The first-order chi connectivity index (χ1) is 10.0. The lowest BCUT2D eigenvalue weighted by atomic mass is 9.85. The van der Waals surface area contributed by atoms with Gasteiger partial charge in [0.05, 0.1) is 0 Å². The fourth-order valence-corrected chi connectivity index (χ4v) is 3.10. The van der Waals surface area contributed by atoms with Gasteiger partial charge in [0, 0.05) is 25.7 Å². The van der Waals surface area contributed by atoms with Crippen molar-refractivity contribution in [2.75, 3.05) is 23.8 Å². The molecule has 1 heterocycles. The number of aromatic nitrogens is 1. The van der Waals surface area contributed by atoms with Crippen LogP contribution in [0, 0.1) is 17.6 Å². The Labute approximate surface area is 125 Å². The normalized spacial score (nSPS) is 22.1. The summed E-state index contributed by atoms with van der Waals surface area (Å²) in [4.78, 5) is 6.07. The molecule has 1 N–H and O–H groups in total. The molecule has 21 heavy (non-hydrogen) atoms. The third kappa shape index (κ3) is 3.63. The molecule has 1 aromatic heterocycles. The van der Waals surface area contributed by atoms with Crippen molar-refractivity contribution < 1.29 is 8.78 Å². The van der Waals surface area contributed by atoms with Gasteiger partial charge in [-0.3, -0.25) is 0 Å². The highest BCUT2D eigenvalue weighted by Crippen LogP contribution is 2.31. The molecule has 2 rings (SSSR count). The van der Waals surface area contributed by atoms with E-state index in [1.165, 1.54) is 6.42 Å². The fourth-order valence-electron chi connectivity index (χ4n) is 3.10. The fraction of sp³-hybridized carbons (Fsp3) is 0.688. The molecule has 1 aliphatic rings. The predicted molar refractivity (Wildman–Crippen MR) is 82.8 cm³/mol. The molecular formula is C16H25F2N3. The molecule has 0 saturated heterocycles. The first-order valence-corrected chi connectivity index (χ1v) is 7.87. The summed E-state index contributed by atoms with van der Waals surface area (Å²) in [5, 5.41) is 2.92. The van der Waals surface area contributed by atoms with Gasteiger partial charge in [0.25, 0.3) is 0 Å². The van der Waals surface area contributed by atoms with Gasteiger partial charge in [-0.25, -0.2) is 13.8 Å². The molecule has 3 nitrogen and oxygen atoms in total. The third-order valence-electron chi connectivity index (χ3n) is 4.35. The summed E-state index contributed by atoms with van der Waals surface area (Å²) in [6.07, 6.45) is 5.44. The lowest BCUT2D eigenvalue weighted by Crippen LogP contribution is -2.40. The maximum absolute atomic E-state index is 14.1. The highest BCUT2D eigenvalue weighted by atomic mass is 19.1. The Hall–Kier alpha value is -1.39.